The lowest BCUT2D eigenvalue weighted by Crippen LogP contribution is -2.33. The molecule has 1 aliphatic heterocycles. The van der Waals surface area contributed by atoms with E-state index in [0.717, 1.165) is 4.57 Å². The molecular weight excluding hydrogens is 620 g/mol. The Kier molecular flexibility index (Phi) is 12.0. The van der Waals surface area contributed by atoms with Crippen molar-refractivity contribution in [1.29, 1.82) is 0 Å². The van der Waals surface area contributed by atoms with Crippen LogP contribution in [-0.2, 0) is 27.2 Å². The number of hydrogen-bond acceptors (Lipinski definition) is 11. The summed E-state index contributed by atoms with van der Waals surface area (Å²) in [5, 5.41) is -1.94. The monoisotopic (exact) mass is 642 g/mol. The van der Waals surface area contributed by atoms with Crippen molar-refractivity contribution >= 4 is 32.2 Å². The van der Waals surface area contributed by atoms with Crippen molar-refractivity contribution in [3.63, 3.8) is 0 Å². The fourth-order valence-electron chi connectivity index (χ4n) is 3.25. The molecule has 0 amide bonds. The number of halogens is 2. The van der Waals surface area contributed by atoms with E-state index in [1.807, 2.05) is 0 Å². The molecule has 1 aliphatic rings. The van der Waals surface area contributed by atoms with E-state index in [1.165, 1.54) is 37.4 Å². The first-order chi connectivity index (χ1) is 18.7. The lowest BCUT2D eigenvalue weighted by atomic mass is 10.1. The van der Waals surface area contributed by atoms with Gasteiger partial charge >= 0.3 is 34.9 Å². The van der Waals surface area contributed by atoms with Crippen molar-refractivity contribution in [3.8, 4) is 5.75 Å². The molecule has 23 heteroatoms. The van der Waals surface area contributed by atoms with Crippen molar-refractivity contribution < 1.29 is 55.4 Å². The first-order valence-electron chi connectivity index (χ1n) is 10.9. The van der Waals surface area contributed by atoms with E-state index in [-0.39, 0.29) is 26.1 Å². The second kappa shape index (κ2) is 14.1. The molecule has 4 N–H and O–H groups in total. The van der Waals surface area contributed by atoms with Crippen molar-refractivity contribution in [2.45, 2.75) is 37.1 Å². The van der Waals surface area contributed by atoms with E-state index >= 15 is 0 Å². The normalized spacial score (nSPS) is 22.4. The van der Waals surface area contributed by atoms with Gasteiger partial charge in [-0.15, -0.1) is 0 Å². The highest BCUT2D eigenvalue weighted by molar-refractivity contribution is 7.75. The highest BCUT2D eigenvalue weighted by atomic mass is 31.3. The maximum atomic E-state index is 14.5. The van der Waals surface area contributed by atoms with Crippen molar-refractivity contribution in [3.05, 3.63) is 73.4 Å². The Hall–Kier alpha value is -2.46. The van der Waals surface area contributed by atoms with E-state index in [2.05, 4.69) is 23.8 Å². The van der Waals surface area contributed by atoms with Crippen LogP contribution < -0.4 is 16.0 Å². The van der Waals surface area contributed by atoms with E-state index < -0.39 is 72.2 Å². The van der Waals surface area contributed by atoms with Gasteiger partial charge in [0.15, 0.2) is 6.79 Å². The van der Waals surface area contributed by atoms with E-state index in [0.29, 0.717) is 0 Å². The molecule has 0 spiro atoms. The molecule has 1 aromatic carbocycles. The number of rotatable bonds is 13. The van der Waals surface area contributed by atoms with Gasteiger partial charge in [0.05, 0.1) is 18.8 Å². The van der Waals surface area contributed by atoms with Crippen LogP contribution in [0, 0.1) is 6.92 Å². The van der Waals surface area contributed by atoms with Crippen molar-refractivity contribution in [2.75, 3.05) is 13.4 Å². The number of nitrogens with zero attached hydrogens (tertiary/aromatic N) is 4. The molecule has 1 saturated heterocycles. The molecule has 3 rings (SSSR count). The minimum Gasteiger partial charge on any atom is -0.467 e. The molecular formula is C18H22BF2N5O12P3. The predicted molar refractivity (Wildman–Crippen MR) is 137 cm³/mol. The van der Waals surface area contributed by atoms with Gasteiger partial charge in [-0.3, -0.25) is 28.0 Å². The molecule has 17 nitrogen and oxygen atoms in total. The molecule has 41 heavy (non-hydrogen) atoms. The number of azide groups is 1. The molecule has 0 saturated carbocycles. The molecule has 223 valence electrons. The summed E-state index contributed by atoms with van der Waals surface area (Å²) in [5.74, 6) is 0.0810. The fourth-order valence-corrected chi connectivity index (χ4v) is 6.99. The molecule has 2 heterocycles. The molecule has 0 aliphatic carbocycles. The Morgan fingerprint density at radius 2 is 1.93 bits per heavy atom. The SMILES string of the molecule is Cc1cn([C@H]2C[C@H](N=[N+]=[N-])[C@@H](COP(O)OP(=O)(O)C(F)(F)P(=O)(O)OCOc3ccccc3)O2)c(=O)[nH]c1=O.[B]. The first kappa shape index (κ1) is 34.7. The molecule has 6 atom stereocenters. The van der Waals surface area contributed by atoms with Gasteiger partial charge in [0.2, 0.25) is 0 Å². The van der Waals surface area contributed by atoms with Gasteiger partial charge in [0.25, 0.3) is 5.56 Å². The predicted octanol–water partition coefficient (Wildman–Crippen LogP) is 2.66. The highest BCUT2D eigenvalue weighted by Gasteiger charge is 2.67. The largest absolute Gasteiger partial charge is 0.467 e. The number of hydrogen-bond donors (Lipinski definition) is 4. The maximum absolute atomic E-state index is 14.5. The summed E-state index contributed by atoms with van der Waals surface area (Å²) in [6.07, 6.45) is -1.22. The number of aromatic nitrogens is 2. The fraction of sp³-hybridized carbons (Fsp3) is 0.444. The number of nitrogens with one attached hydrogen (secondary N) is 1. The van der Waals surface area contributed by atoms with E-state index in [9.17, 15) is 42.2 Å². The van der Waals surface area contributed by atoms with Crippen molar-refractivity contribution in [2.24, 2.45) is 5.11 Å². The van der Waals surface area contributed by atoms with Gasteiger partial charge in [-0.25, -0.2) is 9.11 Å². The average molecular weight is 642 g/mol. The molecule has 3 unspecified atom stereocenters. The molecule has 1 aromatic heterocycles. The maximum Gasteiger partial charge on any atom is 0.444 e. The van der Waals surface area contributed by atoms with Crippen LogP contribution >= 0.6 is 23.8 Å². The summed E-state index contributed by atoms with van der Waals surface area (Å²) in [6.45, 7) is -0.541. The summed E-state index contributed by atoms with van der Waals surface area (Å²) in [4.78, 5) is 57.6. The number of benzene rings is 1. The zero-order chi connectivity index (χ0) is 29.7. The second-order valence-corrected chi connectivity index (χ2v) is 13.2. The summed E-state index contributed by atoms with van der Waals surface area (Å²) in [7, 11) is -16.2. The lowest BCUT2D eigenvalue weighted by Gasteiger charge is -2.26. The number of aryl methyl sites for hydroxylation is 1. The number of para-hydroxylation sites is 1. The van der Waals surface area contributed by atoms with Gasteiger partial charge in [-0.05, 0) is 24.6 Å². The Labute approximate surface area is 232 Å². The molecule has 3 radical (unpaired) electrons. The van der Waals surface area contributed by atoms with Crippen molar-refractivity contribution in [1.82, 2.24) is 9.55 Å². The first-order valence-corrected chi connectivity index (χ1v) is 15.2. The third kappa shape index (κ3) is 8.31. The van der Waals surface area contributed by atoms with Crippen LogP contribution in [0.25, 0.3) is 10.4 Å². The molecule has 2 aromatic rings. The van der Waals surface area contributed by atoms with Crippen LogP contribution in [0.5, 0.6) is 5.75 Å². The van der Waals surface area contributed by atoms with E-state index in [1.54, 1.807) is 6.07 Å². The van der Waals surface area contributed by atoms with Crippen LogP contribution in [0.15, 0.2) is 51.2 Å². The minimum atomic E-state index is -6.43. The van der Waals surface area contributed by atoms with Crippen LogP contribution in [0.2, 0.25) is 0 Å². The minimum absolute atomic E-state index is 0. The summed E-state index contributed by atoms with van der Waals surface area (Å²) < 4.78 is 77.5. The number of alkyl halides is 2. The Morgan fingerprint density at radius 3 is 2.56 bits per heavy atom. The van der Waals surface area contributed by atoms with Gasteiger partial charge in [0, 0.05) is 31.5 Å². The Bertz CT molecular complexity index is 1460. The van der Waals surface area contributed by atoms with Gasteiger partial charge in [0.1, 0.15) is 12.0 Å². The summed E-state index contributed by atoms with van der Waals surface area (Å²) in [6, 6.07) is 6.35. The lowest BCUT2D eigenvalue weighted by molar-refractivity contribution is -0.0241. The quantitative estimate of drug-likeness (QED) is 0.0615. The topological polar surface area (TPSA) is 245 Å². The zero-order valence-electron chi connectivity index (χ0n) is 20.8. The second-order valence-electron chi connectivity index (χ2n) is 7.99. The van der Waals surface area contributed by atoms with Gasteiger partial charge < -0.3 is 28.7 Å². The van der Waals surface area contributed by atoms with Crippen LogP contribution in [-0.4, -0.2) is 63.6 Å². The van der Waals surface area contributed by atoms with Crippen LogP contribution in [0.1, 0.15) is 18.2 Å². The molecule has 0 bridgehead atoms. The van der Waals surface area contributed by atoms with Gasteiger partial charge in [-0.2, -0.15) is 8.78 Å². The Balaban J connectivity index is 0.00000588. The number of aromatic amines is 1. The third-order valence-electron chi connectivity index (χ3n) is 5.27. The van der Waals surface area contributed by atoms with Gasteiger partial charge in [-0.1, -0.05) is 23.3 Å². The third-order valence-corrected chi connectivity index (χ3v) is 10.4. The molecule has 1 fully saturated rings. The zero-order valence-corrected chi connectivity index (χ0v) is 23.5. The average Bonchev–Trinajstić information content (AvgIpc) is 3.27. The smallest absolute Gasteiger partial charge is 0.444 e. The standard InChI is InChI=1S/C18H22F2N5O12P3.B/c1-11-8-25(17(27)22-16(11)26)15-7-13(23-24-21)14(36-15)9-34-38(28)37-40(31,32)18(19,20)39(29,30)35-10-33-12-5-3-2-4-6-12;/h2-6,8,13-15,28H,7,9-10H2,1H3,(H,29,30)(H,31,32)(H,22,26,27);/t13-,14+,15+,38?;/m0./s1. The number of ether oxygens (including phenoxy) is 2. The van der Waals surface area contributed by atoms with Crippen LogP contribution in [0.4, 0.5) is 8.78 Å². The summed E-state index contributed by atoms with van der Waals surface area (Å²) in [5.41, 5.74) is 7.49. The number of H-pyrrole nitrogens is 1. The highest BCUT2D eigenvalue weighted by Crippen LogP contribution is 2.77. The summed E-state index contributed by atoms with van der Waals surface area (Å²) >= 11 is 0. The van der Waals surface area contributed by atoms with Crippen LogP contribution in [0.3, 0.4) is 0 Å². The van der Waals surface area contributed by atoms with E-state index in [4.69, 9.17) is 19.5 Å². The Morgan fingerprint density at radius 1 is 1.27 bits per heavy atom.